The number of thiazole rings is 1. The van der Waals surface area contributed by atoms with E-state index in [1.807, 2.05) is 11.3 Å². The summed E-state index contributed by atoms with van der Waals surface area (Å²) in [5.41, 5.74) is 1.35. The maximum atomic E-state index is 4.79. The van der Waals surface area contributed by atoms with Gasteiger partial charge in [-0.3, -0.25) is 0 Å². The fourth-order valence-electron chi connectivity index (χ4n) is 1.72. The molecule has 1 aromatic rings. The van der Waals surface area contributed by atoms with E-state index in [0.717, 1.165) is 25.4 Å². The molecule has 84 valence electrons. The van der Waals surface area contributed by atoms with Crippen LogP contribution in [0.4, 0.5) is 0 Å². The largest absolute Gasteiger partial charge is 0.312 e. The van der Waals surface area contributed by atoms with Gasteiger partial charge in [-0.05, 0) is 25.8 Å². The molecule has 0 atom stereocenters. The minimum atomic E-state index is 0.806. The maximum Gasteiger partial charge on any atom is 0.0962 e. The van der Waals surface area contributed by atoms with E-state index in [4.69, 9.17) is 4.98 Å². The van der Waals surface area contributed by atoms with Gasteiger partial charge in [-0.2, -0.15) is 0 Å². The van der Waals surface area contributed by atoms with Crippen LogP contribution in [0.1, 0.15) is 54.6 Å². The second-order valence-electron chi connectivity index (χ2n) is 4.23. The Kier molecular flexibility index (Phi) is 3.76. The Morgan fingerprint density at radius 3 is 2.80 bits per heavy atom. The van der Waals surface area contributed by atoms with Gasteiger partial charge in [-0.1, -0.05) is 20.3 Å². The van der Waals surface area contributed by atoms with Gasteiger partial charge in [0.05, 0.1) is 10.7 Å². The molecule has 0 bridgehead atoms. The van der Waals surface area contributed by atoms with E-state index >= 15 is 0 Å². The Hall–Kier alpha value is -0.410. The van der Waals surface area contributed by atoms with Gasteiger partial charge < -0.3 is 5.32 Å². The summed E-state index contributed by atoms with van der Waals surface area (Å²) < 4.78 is 0. The molecule has 1 fully saturated rings. The fraction of sp³-hybridized carbons (Fsp3) is 0.750. The molecule has 15 heavy (non-hydrogen) atoms. The number of hydrogen-bond donors (Lipinski definition) is 1. The van der Waals surface area contributed by atoms with E-state index < -0.39 is 0 Å². The van der Waals surface area contributed by atoms with Gasteiger partial charge in [0.25, 0.3) is 0 Å². The van der Waals surface area contributed by atoms with Crippen LogP contribution in [0.2, 0.25) is 0 Å². The zero-order valence-corrected chi connectivity index (χ0v) is 10.5. The van der Waals surface area contributed by atoms with Crippen LogP contribution in [0.5, 0.6) is 0 Å². The highest BCUT2D eigenvalue weighted by molar-refractivity contribution is 7.11. The molecule has 0 aliphatic heterocycles. The molecule has 0 amide bonds. The van der Waals surface area contributed by atoms with Crippen LogP contribution in [0.15, 0.2) is 0 Å². The third-order valence-corrected chi connectivity index (χ3v) is 4.00. The van der Waals surface area contributed by atoms with Crippen molar-refractivity contribution in [2.24, 2.45) is 0 Å². The Bertz CT molecular complexity index is 315. The zero-order valence-electron chi connectivity index (χ0n) is 9.68. The monoisotopic (exact) mass is 224 g/mol. The summed E-state index contributed by atoms with van der Waals surface area (Å²) in [5.74, 6) is 0.806. The standard InChI is InChI=1S/C12H20N2S/c1-3-5-10-11(8-13-4-2)15-12(14-10)9-6-7-9/h9,13H,3-8H2,1-2H3. The van der Waals surface area contributed by atoms with Gasteiger partial charge in [0.15, 0.2) is 0 Å². The molecule has 3 heteroatoms. The van der Waals surface area contributed by atoms with E-state index in [2.05, 4.69) is 19.2 Å². The van der Waals surface area contributed by atoms with Crippen molar-refractivity contribution in [3.05, 3.63) is 15.6 Å². The molecule has 1 aliphatic carbocycles. The number of nitrogens with one attached hydrogen (secondary N) is 1. The van der Waals surface area contributed by atoms with Crippen LogP contribution in [-0.4, -0.2) is 11.5 Å². The van der Waals surface area contributed by atoms with Gasteiger partial charge in [0.1, 0.15) is 0 Å². The molecule has 0 saturated heterocycles. The lowest BCUT2D eigenvalue weighted by Crippen LogP contribution is -2.11. The molecule has 0 unspecified atom stereocenters. The number of aryl methyl sites for hydroxylation is 1. The van der Waals surface area contributed by atoms with E-state index in [9.17, 15) is 0 Å². The Labute approximate surface area is 96.1 Å². The molecule has 0 radical (unpaired) electrons. The van der Waals surface area contributed by atoms with Crippen molar-refractivity contribution in [1.29, 1.82) is 0 Å². The first-order valence-electron chi connectivity index (χ1n) is 6.04. The van der Waals surface area contributed by atoms with Crippen LogP contribution in [-0.2, 0) is 13.0 Å². The molecular weight excluding hydrogens is 204 g/mol. The van der Waals surface area contributed by atoms with Crippen LogP contribution in [0, 0.1) is 0 Å². The van der Waals surface area contributed by atoms with Crippen molar-refractivity contribution >= 4 is 11.3 Å². The number of rotatable bonds is 6. The first-order valence-corrected chi connectivity index (χ1v) is 6.86. The molecule has 1 heterocycles. The predicted octanol–water partition coefficient (Wildman–Crippen LogP) is 3.08. The lowest BCUT2D eigenvalue weighted by molar-refractivity contribution is 0.722. The van der Waals surface area contributed by atoms with Crippen molar-refractivity contribution in [3.8, 4) is 0 Å². The SMILES string of the molecule is CCCc1nc(C2CC2)sc1CNCC. The lowest BCUT2D eigenvalue weighted by Gasteiger charge is -2.00. The van der Waals surface area contributed by atoms with E-state index in [1.54, 1.807) is 0 Å². The molecule has 1 aromatic heterocycles. The minimum Gasteiger partial charge on any atom is -0.312 e. The maximum absolute atomic E-state index is 4.79. The average molecular weight is 224 g/mol. The summed E-state index contributed by atoms with van der Waals surface area (Å²) in [5, 5.41) is 4.80. The first-order chi connectivity index (χ1) is 7.35. The van der Waals surface area contributed by atoms with E-state index in [1.165, 1.54) is 34.8 Å². The van der Waals surface area contributed by atoms with Gasteiger partial charge in [0.2, 0.25) is 0 Å². The zero-order chi connectivity index (χ0) is 10.7. The summed E-state index contributed by atoms with van der Waals surface area (Å²) >= 11 is 1.94. The summed E-state index contributed by atoms with van der Waals surface area (Å²) in [6.07, 6.45) is 5.07. The highest BCUT2D eigenvalue weighted by atomic mass is 32.1. The normalized spacial score (nSPS) is 15.9. The summed E-state index contributed by atoms with van der Waals surface area (Å²) in [6.45, 7) is 6.44. The third-order valence-electron chi connectivity index (χ3n) is 2.74. The summed E-state index contributed by atoms with van der Waals surface area (Å²) in [7, 11) is 0. The predicted molar refractivity (Wildman–Crippen MR) is 65.5 cm³/mol. The van der Waals surface area contributed by atoms with Crippen LogP contribution in [0.25, 0.3) is 0 Å². The topological polar surface area (TPSA) is 24.9 Å². The van der Waals surface area contributed by atoms with Gasteiger partial charge in [-0.15, -0.1) is 11.3 Å². The number of aromatic nitrogens is 1. The van der Waals surface area contributed by atoms with Crippen molar-refractivity contribution in [3.63, 3.8) is 0 Å². The summed E-state index contributed by atoms with van der Waals surface area (Å²) in [6, 6.07) is 0. The molecule has 0 spiro atoms. The smallest absolute Gasteiger partial charge is 0.0962 e. The average Bonchev–Trinajstić information content (AvgIpc) is 3.00. The van der Waals surface area contributed by atoms with Crippen LogP contribution >= 0.6 is 11.3 Å². The molecule has 2 rings (SSSR count). The Morgan fingerprint density at radius 1 is 1.40 bits per heavy atom. The van der Waals surface area contributed by atoms with Gasteiger partial charge in [-0.25, -0.2) is 4.98 Å². The summed E-state index contributed by atoms with van der Waals surface area (Å²) in [4.78, 5) is 6.27. The van der Waals surface area contributed by atoms with Crippen molar-refractivity contribution < 1.29 is 0 Å². The second-order valence-corrected chi connectivity index (χ2v) is 5.34. The number of hydrogen-bond acceptors (Lipinski definition) is 3. The highest BCUT2D eigenvalue weighted by Crippen LogP contribution is 2.42. The first kappa shape index (κ1) is 11.1. The quantitative estimate of drug-likeness (QED) is 0.803. The number of nitrogens with zero attached hydrogens (tertiary/aromatic N) is 1. The van der Waals surface area contributed by atoms with Crippen molar-refractivity contribution in [1.82, 2.24) is 10.3 Å². The lowest BCUT2D eigenvalue weighted by atomic mass is 10.2. The van der Waals surface area contributed by atoms with Gasteiger partial charge in [0, 0.05) is 17.3 Å². The molecule has 1 aliphatic rings. The second kappa shape index (κ2) is 5.08. The van der Waals surface area contributed by atoms with Crippen LogP contribution < -0.4 is 5.32 Å². The van der Waals surface area contributed by atoms with Crippen molar-refractivity contribution in [2.75, 3.05) is 6.54 Å². The Morgan fingerprint density at radius 2 is 2.20 bits per heavy atom. The fourth-order valence-corrected chi connectivity index (χ4v) is 2.97. The van der Waals surface area contributed by atoms with E-state index in [-0.39, 0.29) is 0 Å². The van der Waals surface area contributed by atoms with Crippen LogP contribution in [0.3, 0.4) is 0 Å². The molecule has 1 saturated carbocycles. The highest BCUT2D eigenvalue weighted by Gasteiger charge is 2.27. The molecule has 0 aromatic carbocycles. The van der Waals surface area contributed by atoms with E-state index in [0.29, 0.717) is 0 Å². The molecule has 1 N–H and O–H groups in total. The minimum absolute atomic E-state index is 0.806. The third kappa shape index (κ3) is 2.79. The Balaban J connectivity index is 2.09. The molecule has 2 nitrogen and oxygen atoms in total. The van der Waals surface area contributed by atoms with Gasteiger partial charge >= 0.3 is 0 Å². The molecular formula is C12H20N2S. The van der Waals surface area contributed by atoms with Crippen molar-refractivity contribution in [2.45, 2.75) is 52.0 Å².